The molecule has 3 N–H and O–H groups in total. The molecule has 0 fully saturated rings. The maximum absolute atomic E-state index is 12.2. The van der Waals surface area contributed by atoms with Gasteiger partial charge in [-0.15, -0.1) is 0 Å². The fraction of sp³-hybridized carbons (Fsp3) is 0.462. The first kappa shape index (κ1) is 13.4. The molecule has 0 spiro atoms. The molecular weight excluding hydrogens is 294 g/mol. The summed E-state index contributed by atoms with van der Waals surface area (Å²) in [5, 5.41) is 3.14. The highest BCUT2D eigenvalue weighted by Crippen LogP contribution is 2.37. The normalized spacial score (nSPS) is 15.3. The molecule has 1 heterocycles. The number of amides is 1. The molecule has 2 rings (SSSR count). The zero-order valence-electron chi connectivity index (χ0n) is 10.7. The molecular formula is C13H18BrN3O. The zero-order valence-corrected chi connectivity index (χ0v) is 12.3. The van der Waals surface area contributed by atoms with E-state index in [0.717, 1.165) is 22.3 Å². The molecule has 1 aromatic rings. The first-order valence-corrected chi connectivity index (χ1v) is 6.81. The summed E-state index contributed by atoms with van der Waals surface area (Å²) < 4.78 is 1.000. The Kier molecular flexibility index (Phi) is 3.64. The van der Waals surface area contributed by atoms with Gasteiger partial charge in [-0.05, 0) is 45.0 Å². The van der Waals surface area contributed by atoms with Crippen molar-refractivity contribution >= 4 is 33.2 Å². The third-order valence-corrected chi connectivity index (χ3v) is 3.73. The second-order valence-electron chi connectivity index (χ2n) is 5.10. The molecule has 0 atom stereocenters. The Balaban J connectivity index is 2.45. The number of hydrogen-bond donors (Lipinski definition) is 2. The van der Waals surface area contributed by atoms with Gasteiger partial charge in [0.15, 0.2) is 0 Å². The van der Waals surface area contributed by atoms with E-state index in [-0.39, 0.29) is 11.4 Å². The van der Waals surface area contributed by atoms with E-state index < -0.39 is 0 Å². The predicted octanol–water partition coefficient (Wildman–Crippen LogP) is 2.33. The molecule has 1 aliphatic heterocycles. The summed E-state index contributed by atoms with van der Waals surface area (Å²) in [5.74, 6) is 0.0864. The number of fused-ring (bicyclic) bond motifs is 1. The van der Waals surface area contributed by atoms with Gasteiger partial charge in [0, 0.05) is 10.0 Å². The summed E-state index contributed by atoms with van der Waals surface area (Å²) in [4.78, 5) is 14.0. The summed E-state index contributed by atoms with van der Waals surface area (Å²) in [6, 6.07) is 5.90. The summed E-state index contributed by atoms with van der Waals surface area (Å²) >= 11 is 3.44. The number of rotatable bonds is 3. The Hall–Kier alpha value is -1.07. The quantitative estimate of drug-likeness (QED) is 0.900. The summed E-state index contributed by atoms with van der Waals surface area (Å²) in [7, 11) is 0. The van der Waals surface area contributed by atoms with Crippen molar-refractivity contribution in [3.63, 3.8) is 0 Å². The maximum Gasteiger partial charge on any atom is 0.246 e. The van der Waals surface area contributed by atoms with Crippen LogP contribution in [0.1, 0.15) is 20.3 Å². The molecule has 98 valence electrons. The number of nitrogens with two attached hydrogens (primary N) is 1. The van der Waals surface area contributed by atoms with Crippen LogP contribution < -0.4 is 16.0 Å². The maximum atomic E-state index is 12.2. The van der Waals surface area contributed by atoms with Crippen molar-refractivity contribution in [1.82, 2.24) is 0 Å². The lowest BCUT2D eigenvalue weighted by atomic mass is 9.95. The second kappa shape index (κ2) is 4.90. The minimum atomic E-state index is -0.267. The van der Waals surface area contributed by atoms with E-state index in [4.69, 9.17) is 5.73 Å². The van der Waals surface area contributed by atoms with Crippen molar-refractivity contribution in [2.24, 2.45) is 5.73 Å². The van der Waals surface area contributed by atoms with Gasteiger partial charge in [0.2, 0.25) is 5.91 Å². The average molecular weight is 312 g/mol. The lowest BCUT2D eigenvalue weighted by Gasteiger charge is -2.42. The molecule has 1 aromatic carbocycles. The highest BCUT2D eigenvalue weighted by molar-refractivity contribution is 9.10. The van der Waals surface area contributed by atoms with Crippen molar-refractivity contribution in [3.05, 3.63) is 22.7 Å². The molecule has 0 aromatic heterocycles. The number of carbonyl (C=O) groups excluding carboxylic acids is 1. The average Bonchev–Trinajstić information content (AvgIpc) is 2.28. The topological polar surface area (TPSA) is 58.4 Å². The van der Waals surface area contributed by atoms with Gasteiger partial charge in [0.25, 0.3) is 0 Å². The third kappa shape index (κ3) is 2.37. The predicted molar refractivity (Wildman–Crippen MR) is 77.9 cm³/mol. The van der Waals surface area contributed by atoms with E-state index in [1.165, 1.54) is 0 Å². The van der Waals surface area contributed by atoms with E-state index in [1.54, 1.807) is 0 Å². The van der Waals surface area contributed by atoms with Crippen LogP contribution in [0.15, 0.2) is 22.7 Å². The van der Waals surface area contributed by atoms with Crippen LogP contribution >= 0.6 is 15.9 Å². The molecule has 18 heavy (non-hydrogen) atoms. The molecule has 1 amide bonds. The first-order chi connectivity index (χ1) is 8.45. The molecule has 5 heteroatoms. The Bertz CT molecular complexity index is 473. The minimum absolute atomic E-state index is 0.0864. The van der Waals surface area contributed by atoms with Gasteiger partial charge < -0.3 is 16.0 Å². The van der Waals surface area contributed by atoms with Crippen LogP contribution in [0.5, 0.6) is 0 Å². The highest BCUT2D eigenvalue weighted by Gasteiger charge is 2.35. The number of hydrogen-bond acceptors (Lipinski definition) is 3. The van der Waals surface area contributed by atoms with E-state index in [2.05, 4.69) is 35.1 Å². The Morgan fingerprint density at radius 2 is 2.22 bits per heavy atom. The van der Waals surface area contributed by atoms with Crippen molar-refractivity contribution in [2.45, 2.75) is 25.8 Å². The Labute approximate surface area is 116 Å². The van der Waals surface area contributed by atoms with Gasteiger partial charge in [0.1, 0.15) is 0 Å². The van der Waals surface area contributed by atoms with Crippen LogP contribution in [-0.4, -0.2) is 24.5 Å². The van der Waals surface area contributed by atoms with Crippen molar-refractivity contribution < 1.29 is 4.79 Å². The second-order valence-corrected chi connectivity index (χ2v) is 6.01. The van der Waals surface area contributed by atoms with Crippen LogP contribution in [0, 0.1) is 0 Å². The van der Waals surface area contributed by atoms with Gasteiger partial charge >= 0.3 is 0 Å². The molecule has 0 bridgehead atoms. The largest absolute Gasteiger partial charge is 0.374 e. The van der Waals surface area contributed by atoms with Gasteiger partial charge in [-0.2, -0.15) is 0 Å². The number of halogens is 1. The smallest absolute Gasteiger partial charge is 0.246 e. The van der Waals surface area contributed by atoms with Crippen molar-refractivity contribution in [3.8, 4) is 0 Å². The van der Waals surface area contributed by atoms with Gasteiger partial charge in [0.05, 0.1) is 17.9 Å². The van der Waals surface area contributed by atoms with Gasteiger partial charge in [-0.25, -0.2) is 0 Å². The zero-order chi connectivity index (χ0) is 13.3. The molecule has 0 saturated heterocycles. The lowest BCUT2D eigenvalue weighted by molar-refractivity contribution is -0.118. The monoisotopic (exact) mass is 311 g/mol. The van der Waals surface area contributed by atoms with E-state index >= 15 is 0 Å². The highest BCUT2D eigenvalue weighted by atomic mass is 79.9. The summed E-state index contributed by atoms with van der Waals surface area (Å²) in [6.45, 7) is 5.00. The number of carbonyl (C=O) groups is 1. The van der Waals surface area contributed by atoms with Crippen molar-refractivity contribution in [1.29, 1.82) is 0 Å². The third-order valence-electron chi connectivity index (χ3n) is 3.24. The standard InChI is InChI=1S/C13H18BrN3O/c1-13(2,5-6-15)17-11-4-3-9(14)7-10(11)16-8-12(17)18/h3-4,7,16H,5-6,8,15H2,1-2H3. The van der Waals surface area contributed by atoms with E-state index in [1.807, 2.05) is 23.1 Å². The first-order valence-electron chi connectivity index (χ1n) is 6.02. The van der Waals surface area contributed by atoms with Crippen molar-refractivity contribution in [2.75, 3.05) is 23.3 Å². The molecule has 1 aliphatic rings. The number of nitrogens with zero attached hydrogens (tertiary/aromatic N) is 1. The SMILES string of the molecule is CC(C)(CCN)N1C(=O)CNc2cc(Br)ccc21. The van der Waals surface area contributed by atoms with Crippen LogP contribution in [0.4, 0.5) is 11.4 Å². The van der Waals surface area contributed by atoms with Crippen LogP contribution in [0.3, 0.4) is 0 Å². The Morgan fingerprint density at radius 1 is 1.50 bits per heavy atom. The van der Waals surface area contributed by atoms with Crippen LogP contribution in [-0.2, 0) is 4.79 Å². The van der Waals surface area contributed by atoms with Crippen LogP contribution in [0.25, 0.3) is 0 Å². The molecule has 0 radical (unpaired) electrons. The lowest BCUT2D eigenvalue weighted by Crippen LogP contribution is -2.53. The van der Waals surface area contributed by atoms with E-state index in [9.17, 15) is 4.79 Å². The molecule has 0 saturated carbocycles. The van der Waals surface area contributed by atoms with Gasteiger partial charge in [-0.3, -0.25) is 4.79 Å². The minimum Gasteiger partial charge on any atom is -0.374 e. The fourth-order valence-corrected chi connectivity index (χ4v) is 2.72. The molecule has 0 aliphatic carbocycles. The fourth-order valence-electron chi connectivity index (χ4n) is 2.36. The number of benzene rings is 1. The number of anilines is 2. The molecule has 4 nitrogen and oxygen atoms in total. The summed E-state index contributed by atoms with van der Waals surface area (Å²) in [5.41, 5.74) is 7.29. The number of nitrogens with one attached hydrogen (secondary N) is 1. The van der Waals surface area contributed by atoms with Crippen LogP contribution in [0.2, 0.25) is 0 Å². The van der Waals surface area contributed by atoms with Gasteiger partial charge in [-0.1, -0.05) is 15.9 Å². The van der Waals surface area contributed by atoms with E-state index in [0.29, 0.717) is 13.1 Å². The Morgan fingerprint density at radius 3 is 2.89 bits per heavy atom. The molecule has 0 unspecified atom stereocenters. The summed E-state index contributed by atoms with van der Waals surface area (Å²) in [6.07, 6.45) is 0.772.